The molecule has 2 N–H and O–H groups in total. The summed E-state index contributed by atoms with van der Waals surface area (Å²) in [7, 11) is 0. The lowest BCUT2D eigenvalue weighted by Crippen LogP contribution is -2.05. The molecule has 1 heterocycles. The largest absolute Gasteiger partial charge is 0.324 e. The number of aryl methyl sites for hydroxylation is 1. The van der Waals surface area contributed by atoms with E-state index in [0.717, 1.165) is 11.3 Å². The average Bonchev–Trinajstić information content (AvgIpc) is 1.85. The third kappa shape index (κ3) is 2.97. The maximum Gasteiger partial charge on any atom is 0.129 e. The molecule has 0 aliphatic heterocycles. The van der Waals surface area contributed by atoms with Gasteiger partial charge in [0.2, 0.25) is 0 Å². The third-order valence-electron chi connectivity index (χ3n) is 1.47. The summed E-state index contributed by atoms with van der Waals surface area (Å²) in [6.45, 7) is 3.82. The van der Waals surface area contributed by atoms with Crippen LogP contribution in [0.25, 0.3) is 0 Å². The van der Waals surface area contributed by atoms with Crippen molar-refractivity contribution in [2.45, 2.75) is 19.9 Å². The Morgan fingerprint density at radius 3 is 2.50 bits per heavy atom. The fourth-order valence-corrected chi connectivity index (χ4v) is 1.18. The zero-order chi connectivity index (χ0) is 8.43. The predicted octanol–water partition coefficient (Wildman–Crippen LogP) is 2.48. The monoisotopic (exact) mass is 206 g/mol. The van der Waals surface area contributed by atoms with Crippen LogP contribution in [-0.2, 0) is 0 Å². The summed E-state index contributed by atoms with van der Waals surface area (Å²) in [4.78, 5) is 4.03. The molecule has 0 radical (unpaired) electrons. The molecule has 0 amide bonds. The maximum absolute atomic E-state index is 5.73. The van der Waals surface area contributed by atoms with Crippen LogP contribution in [0, 0.1) is 6.92 Å². The maximum atomic E-state index is 5.73. The quantitative estimate of drug-likeness (QED) is 0.718. The van der Waals surface area contributed by atoms with Crippen molar-refractivity contribution in [1.82, 2.24) is 4.98 Å². The van der Waals surface area contributed by atoms with Crippen molar-refractivity contribution in [3.63, 3.8) is 0 Å². The Balaban J connectivity index is 0.00000121. The Kier molecular flexibility index (Phi) is 4.53. The van der Waals surface area contributed by atoms with Gasteiger partial charge in [-0.15, -0.1) is 12.4 Å². The molecule has 0 aliphatic carbocycles. The Hall–Kier alpha value is -0.310. The number of aromatic nitrogens is 1. The van der Waals surface area contributed by atoms with Gasteiger partial charge in [0, 0.05) is 11.7 Å². The van der Waals surface area contributed by atoms with Crippen molar-refractivity contribution in [2.24, 2.45) is 5.73 Å². The van der Waals surface area contributed by atoms with E-state index in [2.05, 4.69) is 4.98 Å². The van der Waals surface area contributed by atoms with Gasteiger partial charge in [-0.05, 0) is 31.5 Å². The molecule has 0 saturated heterocycles. The molecule has 0 fully saturated rings. The summed E-state index contributed by atoms with van der Waals surface area (Å²) in [6, 6.07) is 3.75. The molecule has 1 aromatic heterocycles. The average molecular weight is 207 g/mol. The van der Waals surface area contributed by atoms with Gasteiger partial charge in [0.05, 0.1) is 0 Å². The fraction of sp³-hybridized carbons (Fsp3) is 0.375. The number of hydrogen-bond acceptors (Lipinski definition) is 2. The van der Waals surface area contributed by atoms with Crippen molar-refractivity contribution in [2.75, 3.05) is 0 Å². The molecule has 4 heteroatoms. The zero-order valence-corrected chi connectivity index (χ0v) is 8.62. The molecular formula is C8H12Cl2N2. The van der Waals surface area contributed by atoms with E-state index in [1.165, 1.54) is 0 Å². The van der Waals surface area contributed by atoms with Gasteiger partial charge in [0.25, 0.3) is 0 Å². The topological polar surface area (TPSA) is 38.9 Å². The summed E-state index contributed by atoms with van der Waals surface area (Å²) >= 11 is 5.73. The van der Waals surface area contributed by atoms with Crippen molar-refractivity contribution in [3.05, 3.63) is 28.5 Å². The fourth-order valence-electron chi connectivity index (χ4n) is 0.916. The summed E-state index contributed by atoms with van der Waals surface area (Å²) < 4.78 is 0. The highest BCUT2D eigenvalue weighted by Gasteiger charge is 2.01. The number of halogens is 2. The van der Waals surface area contributed by atoms with Crippen LogP contribution in [0.15, 0.2) is 12.1 Å². The smallest absolute Gasteiger partial charge is 0.129 e. The van der Waals surface area contributed by atoms with Crippen molar-refractivity contribution in [1.29, 1.82) is 0 Å². The minimum atomic E-state index is 0. The Morgan fingerprint density at radius 2 is 2.08 bits per heavy atom. The van der Waals surface area contributed by atoms with Crippen LogP contribution in [0.2, 0.25) is 5.15 Å². The molecule has 0 bridgehead atoms. The second kappa shape index (κ2) is 4.65. The first kappa shape index (κ1) is 11.7. The van der Waals surface area contributed by atoms with E-state index in [9.17, 15) is 0 Å². The predicted molar refractivity (Wildman–Crippen MR) is 53.8 cm³/mol. The van der Waals surface area contributed by atoms with Crippen LogP contribution in [0.4, 0.5) is 0 Å². The number of nitrogens with zero attached hydrogens (tertiary/aromatic N) is 1. The lowest BCUT2D eigenvalue weighted by molar-refractivity contribution is 0.813. The van der Waals surface area contributed by atoms with E-state index in [1.54, 1.807) is 6.07 Å². The lowest BCUT2D eigenvalue weighted by atomic mass is 10.1. The van der Waals surface area contributed by atoms with E-state index in [1.807, 2.05) is 19.9 Å². The van der Waals surface area contributed by atoms with E-state index in [4.69, 9.17) is 17.3 Å². The molecular weight excluding hydrogens is 195 g/mol. The second-order valence-corrected chi connectivity index (χ2v) is 3.04. The van der Waals surface area contributed by atoms with Crippen LogP contribution in [0.1, 0.15) is 24.2 Å². The molecule has 0 saturated carbocycles. The standard InChI is InChI=1S/C8H11ClN2.ClH/c1-5-3-7(6(2)10)4-8(9)11-5;/h3-4,6H,10H2,1-2H3;1H/t6-;/m1./s1. The summed E-state index contributed by atoms with van der Waals surface area (Å²) in [5.41, 5.74) is 7.60. The van der Waals surface area contributed by atoms with Gasteiger partial charge in [0.1, 0.15) is 5.15 Å². The van der Waals surface area contributed by atoms with Gasteiger partial charge in [-0.1, -0.05) is 11.6 Å². The molecule has 12 heavy (non-hydrogen) atoms. The first-order chi connectivity index (χ1) is 5.09. The Bertz CT molecular complexity index is 241. The van der Waals surface area contributed by atoms with Crippen LogP contribution in [0.5, 0.6) is 0 Å². The van der Waals surface area contributed by atoms with E-state index in [-0.39, 0.29) is 18.4 Å². The van der Waals surface area contributed by atoms with Crippen LogP contribution in [-0.4, -0.2) is 4.98 Å². The van der Waals surface area contributed by atoms with Gasteiger partial charge in [-0.3, -0.25) is 0 Å². The van der Waals surface area contributed by atoms with Crippen LogP contribution >= 0.6 is 24.0 Å². The normalized spacial score (nSPS) is 12.0. The summed E-state index contributed by atoms with van der Waals surface area (Å²) in [5, 5.41) is 0.511. The Morgan fingerprint density at radius 1 is 1.50 bits per heavy atom. The van der Waals surface area contributed by atoms with E-state index >= 15 is 0 Å². The SMILES string of the molecule is Cc1cc([C@@H](C)N)cc(Cl)n1.Cl. The molecule has 1 atom stereocenters. The number of nitrogens with two attached hydrogens (primary N) is 1. The molecule has 1 aromatic rings. The second-order valence-electron chi connectivity index (χ2n) is 2.65. The molecule has 0 aliphatic rings. The van der Waals surface area contributed by atoms with Crippen molar-refractivity contribution in [3.8, 4) is 0 Å². The highest BCUT2D eigenvalue weighted by molar-refractivity contribution is 6.29. The van der Waals surface area contributed by atoms with Crippen molar-refractivity contribution >= 4 is 24.0 Å². The number of pyridine rings is 1. The molecule has 0 spiro atoms. The van der Waals surface area contributed by atoms with Crippen molar-refractivity contribution < 1.29 is 0 Å². The van der Waals surface area contributed by atoms with E-state index < -0.39 is 0 Å². The molecule has 68 valence electrons. The first-order valence-electron chi connectivity index (χ1n) is 3.49. The molecule has 0 unspecified atom stereocenters. The van der Waals surface area contributed by atoms with Gasteiger partial charge in [-0.25, -0.2) is 4.98 Å². The number of hydrogen-bond donors (Lipinski definition) is 1. The van der Waals surface area contributed by atoms with Gasteiger partial charge < -0.3 is 5.73 Å². The minimum absolute atomic E-state index is 0. The molecule has 2 nitrogen and oxygen atoms in total. The highest BCUT2D eigenvalue weighted by atomic mass is 35.5. The third-order valence-corrected chi connectivity index (χ3v) is 1.66. The Labute approximate surface area is 83.5 Å². The summed E-state index contributed by atoms with van der Waals surface area (Å²) in [5.74, 6) is 0. The first-order valence-corrected chi connectivity index (χ1v) is 3.87. The van der Waals surface area contributed by atoms with Gasteiger partial charge in [-0.2, -0.15) is 0 Å². The van der Waals surface area contributed by atoms with Gasteiger partial charge in [0.15, 0.2) is 0 Å². The minimum Gasteiger partial charge on any atom is -0.324 e. The van der Waals surface area contributed by atoms with Crippen LogP contribution < -0.4 is 5.73 Å². The van der Waals surface area contributed by atoms with Gasteiger partial charge >= 0.3 is 0 Å². The highest BCUT2D eigenvalue weighted by Crippen LogP contribution is 2.14. The zero-order valence-electron chi connectivity index (χ0n) is 7.04. The summed E-state index contributed by atoms with van der Waals surface area (Å²) in [6.07, 6.45) is 0. The number of rotatable bonds is 1. The molecule has 1 rings (SSSR count). The molecule has 0 aromatic carbocycles. The van der Waals surface area contributed by atoms with Crippen LogP contribution in [0.3, 0.4) is 0 Å². The van der Waals surface area contributed by atoms with E-state index in [0.29, 0.717) is 5.15 Å². The lowest BCUT2D eigenvalue weighted by Gasteiger charge is -2.05.